The number of hydrogen-bond donors (Lipinski definition) is 2. The number of carbonyl (C=O) groups is 2. The van der Waals surface area contributed by atoms with E-state index in [4.69, 9.17) is 4.74 Å². The lowest BCUT2D eigenvalue weighted by molar-refractivity contribution is 0.0600. The monoisotopic (exact) mass is 343 g/mol. The van der Waals surface area contributed by atoms with Gasteiger partial charge in [0.05, 0.1) is 12.7 Å². The zero-order valence-corrected chi connectivity index (χ0v) is 14.2. The molecule has 0 aliphatic heterocycles. The third kappa shape index (κ3) is 5.58. The molecule has 2 aromatic rings. The van der Waals surface area contributed by atoms with E-state index in [2.05, 4.69) is 20.4 Å². The van der Waals surface area contributed by atoms with E-state index in [0.29, 0.717) is 35.8 Å². The summed E-state index contributed by atoms with van der Waals surface area (Å²) in [7, 11) is 2.96. The van der Waals surface area contributed by atoms with Crippen molar-refractivity contribution in [2.75, 3.05) is 38.0 Å². The molecule has 2 rings (SSSR count). The van der Waals surface area contributed by atoms with Crippen LogP contribution in [-0.2, 0) is 9.47 Å². The first-order chi connectivity index (χ1) is 12.1. The number of carbonyl (C=O) groups excluding carboxylic acids is 2. The van der Waals surface area contributed by atoms with Crippen LogP contribution < -0.4 is 10.6 Å². The Bertz CT molecular complexity index is 734. The van der Waals surface area contributed by atoms with Crippen molar-refractivity contribution in [1.29, 1.82) is 0 Å². The second-order valence-electron chi connectivity index (χ2n) is 5.23. The third-order valence-electron chi connectivity index (χ3n) is 3.40. The predicted octanol–water partition coefficient (Wildman–Crippen LogP) is 2.57. The predicted molar refractivity (Wildman–Crippen MR) is 95.0 cm³/mol. The smallest absolute Gasteiger partial charge is 0.337 e. The average Bonchev–Trinajstić information content (AvgIpc) is 2.65. The number of ether oxygens (including phenoxy) is 2. The van der Waals surface area contributed by atoms with Gasteiger partial charge in [-0.3, -0.25) is 4.79 Å². The maximum Gasteiger partial charge on any atom is 0.337 e. The van der Waals surface area contributed by atoms with Gasteiger partial charge in [0.1, 0.15) is 5.82 Å². The minimum absolute atomic E-state index is 0.288. The number of amides is 1. The number of rotatable bonds is 8. The molecule has 7 nitrogen and oxygen atoms in total. The molecule has 1 aromatic heterocycles. The summed E-state index contributed by atoms with van der Waals surface area (Å²) in [6.07, 6.45) is 2.41. The molecule has 0 radical (unpaired) electrons. The molecule has 0 bridgehead atoms. The fourth-order valence-electron chi connectivity index (χ4n) is 2.15. The van der Waals surface area contributed by atoms with Crippen LogP contribution in [0.25, 0.3) is 0 Å². The molecule has 0 atom stereocenters. The van der Waals surface area contributed by atoms with E-state index < -0.39 is 5.97 Å². The van der Waals surface area contributed by atoms with Crippen molar-refractivity contribution >= 4 is 23.4 Å². The highest BCUT2D eigenvalue weighted by molar-refractivity contribution is 6.05. The van der Waals surface area contributed by atoms with Crippen molar-refractivity contribution in [1.82, 2.24) is 4.98 Å². The first-order valence-electron chi connectivity index (χ1n) is 7.82. The van der Waals surface area contributed by atoms with E-state index in [1.807, 2.05) is 0 Å². The summed E-state index contributed by atoms with van der Waals surface area (Å²) in [5.41, 5.74) is 1.35. The molecule has 0 spiro atoms. The molecule has 0 unspecified atom stereocenters. The van der Waals surface area contributed by atoms with Crippen molar-refractivity contribution in [3.63, 3.8) is 0 Å². The lowest BCUT2D eigenvalue weighted by Crippen LogP contribution is -2.14. The van der Waals surface area contributed by atoms with Crippen LogP contribution in [0.5, 0.6) is 0 Å². The van der Waals surface area contributed by atoms with Crippen molar-refractivity contribution < 1.29 is 19.1 Å². The van der Waals surface area contributed by atoms with Crippen LogP contribution in [0.15, 0.2) is 42.6 Å². The highest BCUT2D eigenvalue weighted by Crippen LogP contribution is 2.14. The standard InChI is InChI=1S/C18H21N3O4/c1-24-10-4-8-19-16-12-13(7-9-20-16)17(22)21-15-6-3-5-14(11-15)18(23)25-2/h3,5-7,9,11-12H,4,8,10H2,1-2H3,(H,19,20)(H,21,22). The summed E-state index contributed by atoms with van der Waals surface area (Å²) >= 11 is 0. The number of anilines is 2. The molecular formula is C18H21N3O4. The quantitative estimate of drug-likeness (QED) is 0.566. The number of aromatic nitrogens is 1. The molecule has 0 saturated heterocycles. The number of nitrogens with zero attached hydrogens (tertiary/aromatic N) is 1. The Balaban J connectivity index is 2.02. The van der Waals surface area contributed by atoms with Crippen molar-refractivity contribution in [3.8, 4) is 0 Å². The fourth-order valence-corrected chi connectivity index (χ4v) is 2.15. The van der Waals surface area contributed by atoms with E-state index in [9.17, 15) is 9.59 Å². The van der Waals surface area contributed by atoms with Gasteiger partial charge >= 0.3 is 5.97 Å². The SMILES string of the molecule is COCCCNc1cc(C(=O)Nc2cccc(C(=O)OC)c2)ccn1. The molecule has 0 aliphatic carbocycles. The molecular weight excluding hydrogens is 322 g/mol. The Morgan fingerprint density at radius 3 is 2.72 bits per heavy atom. The Hall–Kier alpha value is -2.93. The van der Waals surface area contributed by atoms with Gasteiger partial charge in [0.2, 0.25) is 0 Å². The maximum atomic E-state index is 12.4. The number of nitrogens with one attached hydrogen (secondary N) is 2. The maximum absolute atomic E-state index is 12.4. The van der Waals surface area contributed by atoms with Crippen LogP contribution in [0.2, 0.25) is 0 Å². The lowest BCUT2D eigenvalue weighted by atomic mass is 10.2. The summed E-state index contributed by atoms with van der Waals surface area (Å²) < 4.78 is 9.66. The van der Waals surface area contributed by atoms with E-state index in [-0.39, 0.29) is 5.91 Å². The van der Waals surface area contributed by atoms with Gasteiger partial charge in [0.15, 0.2) is 0 Å². The molecule has 132 valence electrons. The highest BCUT2D eigenvalue weighted by atomic mass is 16.5. The summed E-state index contributed by atoms with van der Waals surface area (Å²) in [4.78, 5) is 28.1. The van der Waals surface area contributed by atoms with Crippen LogP contribution in [0.1, 0.15) is 27.1 Å². The number of hydrogen-bond acceptors (Lipinski definition) is 6. The minimum Gasteiger partial charge on any atom is -0.465 e. The van der Waals surface area contributed by atoms with Gasteiger partial charge in [-0.1, -0.05) is 6.07 Å². The van der Waals surface area contributed by atoms with E-state index in [0.717, 1.165) is 6.42 Å². The van der Waals surface area contributed by atoms with Crippen molar-refractivity contribution in [3.05, 3.63) is 53.7 Å². The second kappa shape index (κ2) is 9.39. The summed E-state index contributed by atoms with van der Waals surface area (Å²) in [5.74, 6) is -0.126. The molecule has 0 fully saturated rings. The normalized spacial score (nSPS) is 10.2. The zero-order chi connectivity index (χ0) is 18.1. The van der Waals surface area contributed by atoms with E-state index in [1.54, 1.807) is 49.7 Å². The highest BCUT2D eigenvalue weighted by Gasteiger charge is 2.10. The third-order valence-corrected chi connectivity index (χ3v) is 3.40. The van der Waals surface area contributed by atoms with Gasteiger partial charge in [0, 0.05) is 37.7 Å². The number of esters is 1. The number of pyridine rings is 1. The minimum atomic E-state index is -0.456. The van der Waals surface area contributed by atoms with Gasteiger partial charge in [-0.25, -0.2) is 9.78 Å². The fraction of sp³-hybridized carbons (Fsp3) is 0.278. The van der Waals surface area contributed by atoms with Crippen LogP contribution >= 0.6 is 0 Å². The molecule has 25 heavy (non-hydrogen) atoms. The Morgan fingerprint density at radius 1 is 1.12 bits per heavy atom. The molecule has 0 saturated carbocycles. The van der Waals surface area contributed by atoms with Crippen LogP contribution in [0.4, 0.5) is 11.5 Å². The van der Waals surface area contributed by atoms with Crippen LogP contribution in [0, 0.1) is 0 Å². The lowest BCUT2D eigenvalue weighted by Gasteiger charge is -2.09. The molecule has 2 N–H and O–H groups in total. The van der Waals surface area contributed by atoms with Crippen molar-refractivity contribution in [2.24, 2.45) is 0 Å². The molecule has 1 amide bonds. The van der Waals surface area contributed by atoms with Gasteiger partial charge in [-0.05, 0) is 36.8 Å². The summed E-state index contributed by atoms with van der Waals surface area (Å²) in [6.45, 7) is 1.36. The average molecular weight is 343 g/mol. The molecule has 7 heteroatoms. The number of methoxy groups -OCH3 is 2. The first-order valence-corrected chi connectivity index (χ1v) is 7.82. The summed E-state index contributed by atoms with van der Waals surface area (Å²) in [5, 5.41) is 5.90. The van der Waals surface area contributed by atoms with Gasteiger partial charge < -0.3 is 20.1 Å². The Kier molecular flexibility index (Phi) is 6.91. The van der Waals surface area contributed by atoms with Crippen molar-refractivity contribution in [2.45, 2.75) is 6.42 Å². The Morgan fingerprint density at radius 2 is 1.96 bits per heavy atom. The molecule has 1 heterocycles. The van der Waals surface area contributed by atoms with E-state index >= 15 is 0 Å². The first kappa shape index (κ1) is 18.4. The summed E-state index contributed by atoms with van der Waals surface area (Å²) in [6, 6.07) is 9.86. The molecule has 1 aromatic carbocycles. The van der Waals surface area contributed by atoms with E-state index in [1.165, 1.54) is 7.11 Å². The Labute approximate surface area is 146 Å². The van der Waals surface area contributed by atoms with Crippen LogP contribution in [-0.4, -0.2) is 44.2 Å². The number of benzene rings is 1. The van der Waals surface area contributed by atoms with Gasteiger partial charge in [-0.2, -0.15) is 0 Å². The van der Waals surface area contributed by atoms with Gasteiger partial charge in [-0.15, -0.1) is 0 Å². The van der Waals surface area contributed by atoms with Crippen LogP contribution in [0.3, 0.4) is 0 Å². The zero-order valence-electron chi connectivity index (χ0n) is 14.2. The largest absolute Gasteiger partial charge is 0.465 e. The van der Waals surface area contributed by atoms with Gasteiger partial charge in [0.25, 0.3) is 5.91 Å². The second-order valence-corrected chi connectivity index (χ2v) is 5.23. The molecule has 0 aliphatic rings. The topological polar surface area (TPSA) is 89.6 Å².